The van der Waals surface area contributed by atoms with Gasteiger partial charge in [0, 0.05) is 31.9 Å². The molecule has 1 fully saturated rings. The molecule has 0 bridgehead atoms. The Hall–Kier alpha value is -1.55. The van der Waals surface area contributed by atoms with Crippen molar-refractivity contribution in [3.05, 3.63) is 64.7 Å². The summed E-state index contributed by atoms with van der Waals surface area (Å²) in [7, 11) is 0. The third-order valence-corrected chi connectivity index (χ3v) is 5.48. The predicted octanol–water partition coefficient (Wildman–Crippen LogP) is 4.46. The number of hydrogen-bond donors (Lipinski definition) is 1. The minimum atomic E-state index is -0.401. The summed E-state index contributed by atoms with van der Waals surface area (Å²) in [5, 5.41) is 3.41. The Morgan fingerprint density at radius 2 is 1.88 bits per heavy atom. The molecule has 1 atom stereocenters. The fourth-order valence-electron chi connectivity index (χ4n) is 3.50. The number of hydrogen-bond acceptors (Lipinski definition) is 3. The zero-order valence-corrected chi connectivity index (χ0v) is 16.6. The maximum absolute atomic E-state index is 6.53. The summed E-state index contributed by atoms with van der Waals surface area (Å²) in [4.78, 5) is 2.46. The van der Waals surface area contributed by atoms with Crippen molar-refractivity contribution in [2.24, 2.45) is 0 Å². The van der Waals surface area contributed by atoms with E-state index in [0.29, 0.717) is 6.61 Å². The fraction of sp³-hybridized carbons (Fsp3) is 0.455. The van der Waals surface area contributed by atoms with Crippen LogP contribution in [0.25, 0.3) is 0 Å². The highest BCUT2D eigenvalue weighted by molar-refractivity contribution is 6.19. The second-order valence-corrected chi connectivity index (χ2v) is 7.24. The zero-order valence-electron chi connectivity index (χ0n) is 15.8. The summed E-state index contributed by atoms with van der Waals surface area (Å²) in [6, 6.07) is 15.0. The lowest BCUT2D eigenvalue weighted by Crippen LogP contribution is -2.43. The quantitative estimate of drug-likeness (QED) is 0.726. The summed E-state index contributed by atoms with van der Waals surface area (Å²) in [5.41, 5.74) is 5.95. The van der Waals surface area contributed by atoms with E-state index in [9.17, 15) is 0 Å². The molecule has 0 saturated carbocycles. The smallest absolute Gasteiger partial charge is 0.156 e. The van der Waals surface area contributed by atoms with Crippen LogP contribution < -0.4 is 10.2 Å². The van der Waals surface area contributed by atoms with E-state index in [-0.39, 0.29) is 0 Å². The van der Waals surface area contributed by atoms with E-state index in [2.05, 4.69) is 66.5 Å². The van der Waals surface area contributed by atoms with Gasteiger partial charge in [0.25, 0.3) is 0 Å². The molecule has 0 spiro atoms. The van der Waals surface area contributed by atoms with Crippen LogP contribution in [0.5, 0.6) is 0 Å². The summed E-state index contributed by atoms with van der Waals surface area (Å²) in [6.45, 7) is 9.17. The van der Waals surface area contributed by atoms with Crippen LogP contribution in [0.3, 0.4) is 0 Å². The lowest BCUT2D eigenvalue weighted by molar-refractivity contribution is 0.111. The molecular weight excluding hydrogens is 344 g/mol. The van der Waals surface area contributed by atoms with Gasteiger partial charge in [0.1, 0.15) is 0 Å². The molecule has 1 aliphatic rings. The van der Waals surface area contributed by atoms with Crippen molar-refractivity contribution < 1.29 is 4.74 Å². The van der Waals surface area contributed by atoms with Gasteiger partial charge in [0.05, 0.1) is 6.61 Å². The van der Waals surface area contributed by atoms with E-state index >= 15 is 0 Å². The van der Waals surface area contributed by atoms with Gasteiger partial charge >= 0.3 is 0 Å². The Bertz CT molecular complexity index is 713. The molecular formula is C22H29ClN2O. The van der Waals surface area contributed by atoms with Gasteiger partial charge in [-0.2, -0.15) is 0 Å². The first-order chi connectivity index (χ1) is 12.7. The highest BCUT2D eigenvalue weighted by atomic mass is 35.5. The Balaban J connectivity index is 1.61. The van der Waals surface area contributed by atoms with Crippen molar-refractivity contribution >= 4 is 17.3 Å². The Morgan fingerprint density at radius 3 is 2.62 bits per heavy atom. The van der Waals surface area contributed by atoms with E-state index in [0.717, 1.165) is 44.6 Å². The molecule has 1 saturated heterocycles. The van der Waals surface area contributed by atoms with E-state index in [4.69, 9.17) is 16.3 Å². The first kappa shape index (κ1) is 19.2. The van der Waals surface area contributed by atoms with E-state index < -0.39 is 5.56 Å². The number of nitrogens with zero attached hydrogens (tertiary/aromatic N) is 1. The molecule has 0 radical (unpaired) electrons. The third-order valence-electron chi connectivity index (χ3n) is 5.10. The predicted molar refractivity (Wildman–Crippen MR) is 110 cm³/mol. The van der Waals surface area contributed by atoms with Crippen LogP contribution >= 0.6 is 11.6 Å². The second kappa shape index (κ2) is 9.40. The molecule has 26 heavy (non-hydrogen) atoms. The summed E-state index contributed by atoms with van der Waals surface area (Å²) < 4.78 is 5.91. The van der Waals surface area contributed by atoms with Crippen LogP contribution in [0.4, 0.5) is 5.69 Å². The number of aryl methyl sites for hydroxylation is 2. The first-order valence-electron chi connectivity index (χ1n) is 9.57. The standard InChI is InChI=1S/C22H29ClN2O/c1-3-18-16-20(8-9-21(18)25-13-11-24-12-14-25)22(23)26-15-10-19-7-5-4-6-17(19)2/h4-9,16,22,24H,3,10-15H2,1-2H3. The number of halogens is 1. The Labute approximate surface area is 162 Å². The molecule has 2 aromatic rings. The normalized spacial score (nSPS) is 15.9. The van der Waals surface area contributed by atoms with E-state index in [1.54, 1.807) is 0 Å². The number of ether oxygens (including phenoxy) is 1. The van der Waals surface area contributed by atoms with Crippen LogP contribution in [-0.4, -0.2) is 32.8 Å². The highest BCUT2D eigenvalue weighted by Crippen LogP contribution is 2.29. The topological polar surface area (TPSA) is 24.5 Å². The molecule has 0 amide bonds. The number of alkyl halides is 1. The summed E-state index contributed by atoms with van der Waals surface area (Å²) in [5.74, 6) is 0. The van der Waals surface area contributed by atoms with Crippen molar-refractivity contribution in [2.75, 3.05) is 37.7 Å². The van der Waals surface area contributed by atoms with Gasteiger partial charge in [0.15, 0.2) is 5.56 Å². The van der Waals surface area contributed by atoms with Crippen LogP contribution in [0.1, 0.15) is 34.7 Å². The maximum Gasteiger partial charge on any atom is 0.156 e. The van der Waals surface area contributed by atoms with Gasteiger partial charge in [-0.1, -0.05) is 48.9 Å². The SMILES string of the molecule is CCc1cc(C(Cl)OCCc2ccccc2C)ccc1N1CCNCC1. The number of nitrogens with one attached hydrogen (secondary N) is 1. The average Bonchev–Trinajstić information content (AvgIpc) is 2.69. The van der Waals surface area contributed by atoms with Crippen molar-refractivity contribution in [3.63, 3.8) is 0 Å². The maximum atomic E-state index is 6.53. The van der Waals surface area contributed by atoms with Gasteiger partial charge in [0.2, 0.25) is 0 Å². The summed E-state index contributed by atoms with van der Waals surface area (Å²) >= 11 is 6.53. The lowest BCUT2D eigenvalue weighted by Gasteiger charge is -2.31. The van der Waals surface area contributed by atoms with Crippen LogP contribution in [0, 0.1) is 6.92 Å². The number of piperazine rings is 1. The lowest BCUT2D eigenvalue weighted by atomic mass is 10.0. The molecule has 3 nitrogen and oxygen atoms in total. The number of anilines is 1. The second-order valence-electron chi connectivity index (χ2n) is 6.84. The highest BCUT2D eigenvalue weighted by Gasteiger charge is 2.16. The molecule has 3 rings (SSSR count). The molecule has 2 aromatic carbocycles. The van der Waals surface area contributed by atoms with E-state index in [1.165, 1.54) is 22.4 Å². The average molecular weight is 373 g/mol. The first-order valence-corrected chi connectivity index (χ1v) is 10.0. The molecule has 1 N–H and O–H groups in total. The van der Waals surface area contributed by atoms with Crippen molar-refractivity contribution in [3.8, 4) is 0 Å². The van der Waals surface area contributed by atoms with Crippen LogP contribution in [0.15, 0.2) is 42.5 Å². The molecule has 1 heterocycles. The van der Waals surface area contributed by atoms with Gasteiger partial charge < -0.3 is 15.0 Å². The number of benzene rings is 2. The Kier molecular flexibility index (Phi) is 6.95. The zero-order chi connectivity index (χ0) is 18.4. The van der Waals surface area contributed by atoms with Crippen LogP contribution in [-0.2, 0) is 17.6 Å². The fourth-order valence-corrected chi connectivity index (χ4v) is 3.73. The van der Waals surface area contributed by atoms with Gasteiger partial charge in [-0.25, -0.2) is 0 Å². The van der Waals surface area contributed by atoms with Crippen molar-refractivity contribution in [1.29, 1.82) is 0 Å². The van der Waals surface area contributed by atoms with Crippen LogP contribution in [0.2, 0.25) is 0 Å². The van der Waals surface area contributed by atoms with Gasteiger partial charge in [-0.15, -0.1) is 0 Å². The molecule has 0 aliphatic carbocycles. The number of rotatable bonds is 7. The minimum Gasteiger partial charge on any atom is -0.369 e. The molecule has 1 aliphatic heterocycles. The molecule has 0 aromatic heterocycles. The van der Waals surface area contributed by atoms with Crippen molar-refractivity contribution in [2.45, 2.75) is 32.3 Å². The monoisotopic (exact) mass is 372 g/mol. The summed E-state index contributed by atoms with van der Waals surface area (Å²) in [6.07, 6.45) is 1.88. The van der Waals surface area contributed by atoms with E-state index in [1.807, 2.05) is 0 Å². The van der Waals surface area contributed by atoms with Gasteiger partial charge in [-0.05, 0) is 54.2 Å². The largest absolute Gasteiger partial charge is 0.369 e. The third kappa shape index (κ3) is 4.79. The van der Waals surface area contributed by atoms with Gasteiger partial charge in [-0.3, -0.25) is 0 Å². The Morgan fingerprint density at radius 1 is 1.12 bits per heavy atom. The minimum absolute atomic E-state index is 0.401. The van der Waals surface area contributed by atoms with Crippen molar-refractivity contribution in [1.82, 2.24) is 5.32 Å². The molecule has 1 unspecified atom stereocenters. The molecule has 140 valence electrons. The molecule has 4 heteroatoms.